The van der Waals surface area contributed by atoms with Crippen LogP contribution in [0.1, 0.15) is 12.0 Å². The Balaban J connectivity index is 3.16. The molecule has 0 aromatic heterocycles. The zero-order valence-corrected chi connectivity index (χ0v) is 8.50. The van der Waals surface area contributed by atoms with Gasteiger partial charge in [0.05, 0.1) is 15.6 Å². The summed E-state index contributed by atoms with van der Waals surface area (Å²) in [6, 6.07) is 1.63. The molecule has 0 heterocycles. The molecule has 0 unspecified atom stereocenters. The molecule has 1 aromatic rings. The van der Waals surface area contributed by atoms with Gasteiger partial charge in [-0.05, 0) is 6.07 Å². The molecule has 0 fully saturated rings. The number of hydrogen-bond acceptors (Lipinski definition) is 1. The molecule has 0 aliphatic heterocycles. The van der Waals surface area contributed by atoms with Crippen molar-refractivity contribution in [2.24, 2.45) is 0 Å². The predicted octanol–water partition coefficient (Wildman–Crippen LogP) is 4.53. The Morgan fingerprint density at radius 3 is 2.00 bits per heavy atom. The van der Waals surface area contributed by atoms with E-state index in [4.69, 9.17) is 23.2 Å². The molecule has 84 valence electrons. The first-order valence-corrected chi connectivity index (χ1v) is 4.39. The maximum atomic E-state index is 12.4. The highest BCUT2D eigenvalue weighted by Crippen LogP contribution is 2.36. The summed E-state index contributed by atoms with van der Waals surface area (Å²) < 4.78 is 52.3. The van der Waals surface area contributed by atoms with Crippen molar-refractivity contribution in [3.05, 3.63) is 27.7 Å². The van der Waals surface area contributed by atoms with Crippen molar-refractivity contribution in [3.63, 3.8) is 0 Å². The SMILES string of the molecule is FC(F)Oc1cc(Cl)c(Cl)cc1C(F)F. The van der Waals surface area contributed by atoms with Crippen molar-refractivity contribution in [2.45, 2.75) is 13.0 Å². The van der Waals surface area contributed by atoms with Gasteiger partial charge in [-0.2, -0.15) is 8.78 Å². The first-order valence-electron chi connectivity index (χ1n) is 3.63. The fraction of sp³-hybridized carbons (Fsp3) is 0.250. The Morgan fingerprint density at radius 2 is 1.53 bits per heavy atom. The van der Waals surface area contributed by atoms with Crippen molar-refractivity contribution in [3.8, 4) is 5.75 Å². The average Bonchev–Trinajstić information content (AvgIpc) is 2.09. The molecule has 0 N–H and O–H groups in total. The van der Waals surface area contributed by atoms with Crippen LogP contribution < -0.4 is 4.74 Å². The van der Waals surface area contributed by atoms with Crippen LogP contribution in [0.4, 0.5) is 17.6 Å². The summed E-state index contributed by atoms with van der Waals surface area (Å²) in [6.45, 7) is -3.19. The Bertz CT molecular complexity index is 357. The quantitative estimate of drug-likeness (QED) is 0.728. The van der Waals surface area contributed by atoms with Gasteiger partial charge >= 0.3 is 6.61 Å². The van der Waals surface area contributed by atoms with Gasteiger partial charge in [-0.25, -0.2) is 8.78 Å². The van der Waals surface area contributed by atoms with Gasteiger partial charge in [0.2, 0.25) is 0 Å². The lowest BCUT2D eigenvalue weighted by molar-refractivity contribution is -0.0519. The van der Waals surface area contributed by atoms with Gasteiger partial charge in [0.25, 0.3) is 6.43 Å². The summed E-state index contributed by atoms with van der Waals surface area (Å²) in [5.41, 5.74) is -0.718. The van der Waals surface area contributed by atoms with E-state index in [1.165, 1.54) is 0 Å². The fourth-order valence-electron chi connectivity index (χ4n) is 0.913. The van der Waals surface area contributed by atoms with Gasteiger partial charge in [0.15, 0.2) is 0 Å². The van der Waals surface area contributed by atoms with E-state index in [2.05, 4.69) is 4.74 Å². The lowest BCUT2D eigenvalue weighted by Crippen LogP contribution is -2.04. The van der Waals surface area contributed by atoms with Crippen molar-refractivity contribution >= 4 is 23.2 Å². The van der Waals surface area contributed by atoms with Gasteiger partial charge in [-0.1, -0.05) is 23.2 Å². The van der Waals surface area contributed by atoms with Crippen molar-refractivity contribution < 1.29 is 22.3 Å². The smallest absolute Gasteiger partial charge is 0.387 e. The molecule has 1 rings (SSSR count). The van der Waals surface area contributed by atoms with Gasteiger partial charge in [-0.3, -0.25) is 0 Å². The molecule has 15 heavy (non-hydrogen) atoms. The topological polar surface area (TPSA) is 9.23 Å². The van der Waals surface area contributed by atoms with Gasteiger partial charge in [0, 0.05) is 6.07 Å². The second-order valence-electron chi connectivity index (χ2n) is 2.48. The highest BCUT2D eigenvalue weighted by atomic mass is 35.5. The summed E-state index contributed by atoms with van der Waals surface area (Å²) in [7, 11) is 0. The normalized spacial score (nSPS) is 11.2. The number of ether oxygens (including phenoxy) is 1. The predicted molar refractivity (Wildman–Crippen MR) is 48.1 cm³/mol. The summed E-state index contributed by atoms with van der Waals surface area (Å²) in [6.07, 6.45) is -2.96. The van der Waals surface area contributed by atoms with Crippen LogP contribution in [0.15, 0.2) is 12.1 Å². The molecule has 0 atom stereocenters. The van der Waals surface area contributed by atoms with E-state index in [9.17, 15) is 17.6 Å². The Hall–Kier alpha value is -0.680. The molecule has 0 spiro atoms. The minimum Gasteiger partial charge on any atom is -0.434 e. The third-order valence-corrected chi connectivity index (χ3v) is 2.23. The highest BCUT2D eigenvalue weighted by molar-refractivity contribution is 6.42. The van der Waals surface area contributed by atoms with E-state index in [0.29, 0.717) is 0 Å². The molecule has 1 nitrogen and oxygen atoms in total. The summed E-state index contributed by atoms with van der Waals surface area (Å²) in [5.74, 6) is -0.672. The van der Waals surface area contributed by atoms with Crippen LogP contribution >= 0.6 is 23.2 Å². The molecule has 0 bridgehead atoms. The zero-order chi connectivity index (χ0) is 11.6. The van der Waals surface area contributed by atoms with Crippen LogP contribution in [-0.4, -0.2) is 6.61 Å². The second kappa shape index (κ2) is 4.90. The molecule has 0 saturated heterocycles. The fourth-order valence-corrected chi connectivity index (χ4v) is 1.24. The molecule has 0 aliphatic carbocycles. The minimum atomic E-state index is -3.19. The molecule has 0 radical (unpaired) electrons. The number of halogens is 6. The first kappa shape index (κ1) is 12.4. The lowest BCUT2D eigenvalue weighted by atomic mass is 10.2. The van der Waals surface area contributed by atoms with E-state index < -0.39 is 24.3 Å². The molecule has 7 heteroatoms. The van der Waals surface area contributed by atoms with E-state index in [1.807, 2.05) is 0 Å². The number of rotatable bonds is 3. The Kier molecular flexibility index (Phi) is 4.04. The zero-order valence-electron chi connectivity index (χ0n) is 6.99. The molecule has 0 amide bonds. The van der Waals surface area contributed by atoms with Gasteiger partial charge < -0.3 is 4.74 Å². The molecule has 1 aromatic carbocycles. The Labute approximate surface area is 92.5 Å². The van der Waals surface area contributed by atoms with E-state index in [0.717, 1.165) is 12.1 Å². The number of alkyl halides is 4. The van der Waals surface area contributed by atoms with E-state index in [1.54, 1.807) is 0 Å². The molecule has 0 aliphatic rings. The first-order chi connectivity index (χ1) is 6.91. The summed E-state index contributed by atoms with van der Waals surface area (Å²) >= 11 is 10.9. The van der Waals surface area contributed by atoms with Crippen LogP contribution in [0.25, 0.3) is 0 Å². The molecular weight excluding hydrogens is 259 g/mol. The van der Waals surface area contributed by atoms with Crippen LogP contribution in [0, 0.1) is 0 Å². The van der Waals surface area contributed by atoms with E-state index in [-0.39, 0.29) is 10.0 Å². The van der Waals surface area contributed by atoms with Crippen molar-refractivity contribution in [2.75, 3.05) is 0 Å². The van der Waals surface area contributed by atoms with E-state index >= 15 is 0 Å². The largest absolute Gasteiger partial charge is 0.434 e. The third-order valence-electron chi connectivity index (χ3n) is 1.50. The Morgan fingerprint density at radius 1 is 1.00 bits per heavy atom. The van der Waals surface area contributed by atoms with Gasteiger partial charge in [0.1, 0.15) is 5.75 Å². The number of hydrogen-bond donors (Lipinski definition) is 0. The van der Waals surface area contributed by atoms with Crippen molar-refractivity contribution in [1.82, 2.24) is 0 Å². The van der Waals surface area contributed by atoms with Gasteiger partial charge in [-0.15, -0.1) is 0 Å². The minimum absolute atomic E-state index is 0.128. The number of benzene rings is 1. The second-order valence-corrected chi connectivity index (χ2v) is 3.30. The lowest BCUT2D eigenvalue weighted by Gasteiger charge is -2.11. The monoisotopic (exact) mass is 262 g/mol. The van der Waals surface area contributed by atoms with Crippen LogP contribution in [0.5, 0.6) is 5.75 Å². The van der Waals surface area contributed by atoms with Crippen LogP contribution in [0.3, 0.4) is 0 Å². The average molecular weight is 263 g/mol. The maximum Gasteiger partial charge on any atom is 0.387 e. The highest BCUT2D eigenvalue weighted by Gasteiger charge is 2.19. The van der Waals surface area contributed by atoms with Crippen LogP contribution in [0.2, 0.25) is 10.0 Å². The third kappa shape index (κ3) is 3.14. The standard InChI is InChI=1S/C8H4Cl2F4O/c9-4-1-3(7(11)12)6(2-5(4)10)15-8(13)14/h1-2,7-8H. The van der Waals surface area contributed by atoms with Crippen molar-refractivity contribution in [1.29, 1.82) is 0 Å². The molecular formula is C8H4Cl2F4O. The van der Waals surface area contributed by atoms with Crippen LogP contribution in [-0.2, 0) is 0 Å². The summed E-state index contributed by atoms with van der Waals surface area (Å²) in [4.78, 5) is 0. The maximum absolute atomic E-state index is 12.4. The molecule has 0 saturated carbocycles. The summed E-state index contributed by atoms with van der Waals surface area (Å²) in [5, 5.41) is -0.273.